The predicted octanol–water partition coefficient (Wildman–Crippen LogP) is 2.08. The summed E-state index contributed by atoms with van der Waals surface area (Å²) < 4.78 is 5.32. The Balaban J connectivity index is 1.98. The van der Waals surface area contributed by atoms with Gasteiger partial charge in [-0.15, -0.1) is 0 Å². The van der Waals surface area contributed by atoms with Crippen molar-refractivity contribution in [1.29, 1.82) is 0 Å². The zero-order valence-electron chi connectivity index (χ0n) is 11.0. The molecule has 3 N–H and O–H groups in total. The van der Waals surface area contributed by atoms with Crippen molar-refractivity contribution in [2.75, 3.05) is 11.9 Å². The molecule has 0 saturated carbocycles. The molecule has 98 valence electrons. The summed E-state index contributed by atoms with van der Waals surface area (Å²) in [6.45, 7) is 4.18. The summed E-state index contributed by atoms with van der Waals surface area (Å²) in [5, 5.41) is 2.82. The number of benzene rings is 1. The number of rotatable bonds is 4. The first-order valence-corrected chi connectivity index (χ1v) is 6.28. The van der Waals surface area contributed by atoms with E-state index in [0.29, 0.717) is 0 Å². The van der Waals surface area contributed by atoms with Crippen LogP contribution in [0.5, 0.6) is 5.75 Å². The maximum absolute atomic E-state index is 11.2. The monoisotopic (exact) mass is 248 g/mol. The Labute approximate surface area is 108 Å². The topological polar surface area (TPSA) is 64.3 Å². The van der Waals surface area contributed by atoms with Crippen LogP contribution in [0.1, 0.15) is 32.3 Å². The third-order valence-corrected chi connectivity index (χ3v) is 2.96. The van der Waals surface area contributed by atoms with Crippen LogP contribution >= 0.6 is 0 Å². The van der Waals surface area contributed by atoms with E-state index in [1.807, 2.05) is 32.0 Å². The second kappa shape index (κ2) is 4.98. The minimum Gasteiger partial charge on any atom is -0.482 e. The van der Waals surface area contributed by atoms with Crippen LogP contribution in [0.4, 0.5) is 5.69 Å². The van der Waals surface area contributed by atoms with Gasteiger partial charge in [-0.25, -0.2) is 0 Å². The zero-order chi connectivity index (χ0) is 13.2. The molecule has 1 heterocycles. The molecule has 0 aliphatic carbocycles. The van der Waals surface area contributed by atoms with E-state index in [1.54, 1.807) is 0 Å². The van der Waals surface area contributed by atoms with E-state index in [1.165, 1.54) is 5.56 Å². The first-order valence-electron chi connectivity index (χ1n) is 6.28. The van der Waals surface area contributed by atoms with Crippen molar-refractivity contribution in [3.63, 3.8) is 0 Å². The number of carbonyl (C=O) groups is 1. The van der Waals surface area contributed by atoms with E-state index in [2.05, 4.69) is 5.32 Å². The van der Waals surface area contributed by atoms with E-state index in [4.69, 9.17) is 10.5 Å². The SMILES string of the molecule is CC(C)(N)CCCc1ccc2c(c1)NC(=O)CO2. The number of aryl methyl sites for hydroxylation is 1. The second-order valence-electron chi connectivity index (χ2n) is 5.51. The number of hydrogen-bond acceptors (Lipinski definition) is 3. The van der Waals surface area contributed by atoms with Gasteiger partial charge in [0.15, 0.2) is 6.61 Å². The summed E-state index contributed by atoms with van der Waals surface area (Å²) in [6, 6.07) is 5.94. The lowest BCUT2D eigenvalue weighted by Crippen LogP contribution is -2.31. The highest BCUT2D eigenvalue weighted by molar-refractivity contribution is 5.95. The molecule has 0 unspecified atom stereocenters. The summed E-state index contributed by atoms with van der Waals surface area (Å²) in [5.74, 6) is 0.653. The number of nitrogens with one attached hydrogen (secondary N) is 1. The quantitative estimate of drug-likeness (QED) is 0.857. The fourth-order valence-electron chi connectivity index (χ4n) is 2.03. The lowest BCUT2D eigenvalue weighted by Gasteiger charge is -2.20. The van der Waals surface area contributed by atoms with Gasteiger partial charge in [0.2, 0.25) is 0 Å². The minimum absolute atomic E-state index is 0.0947. The van der Waals surface area contributed by atoms with Crippen molar-refractivity contribution < 1.29 is 9.53 Å². The maximum Gasteiger partial charge on any atom is 0.262 e. The van der Waals surface area contributed by atoms with Gasteiger partial charge >= 0.3 is 0 Å². The van der Waals surface area contributed by atoms with Crippen LogP contribution in [0.15, 0.2) is 18.2 Å². The molecule has 0 radical (unpaired) electrons. The molecule has 0 aromatic heterocycles. The number of ether oxygens (including phenoxy) is 1. The van der Waals surface area contributed by atoms with E-state index in [0.717, 1.165) is 30.7 Å². The molecule has 4 nitrogen and oxygen atoms in total. The van der Waals surface area contributed by atoms with Gasteiger partial charge in [0.25, 0.3) is 5.91 Å². The smallest absolute Gasteiger partial charge is 0.262 e. The first kappa shape index (κ1) is 12.9. The first-order chi connectivity index (χ1) is 8.44. The van der Waals surface area contributed by atoms with Crippen LogP contribution in [-0.4, -0.2) is 18.1 Å². The van der Waals surface area contributed by atoms with Gasteiger partial charge in [0.05, 0.1) is 5.69 Å². The largest absolute Gasteiger partial charge is 0.482 e. The Morgan fingerprint density at radius 1 is 1.44 bits per heavy atom. The normalized spacial score (nSPS) is 14.7. The van der Waals surface area contributed by atoms with Crippen LogP contribution in [0.2, 0.25) is 0 Å². The number of fused-ring (bicyclic) bond motifs is 1. The highest BCUT2D eigenvalue weighted by Crippen LogP contribution is 2.29. The van der Waals surface area contributed by atoms with E-state index < -0.39 is 0 Å². The summed E-state index contributed by atoms with van der Waals surface area (Å²) in [4.78, 5) is 11.2. The Morgan fingerprint density at radius 2 is 2.22 bits per heavy atom. The number of anilines is 1. The Kier molecular flexibility index (Phi) is 3.57. The molecule has 0 fully saturated rings. The van der Waals surface area contributed by atoms with Crippen LogP contribution in [0.3, 0.4) is 0 Å². The molecular formula is C14H20N2O2. The highest BCUT2D eigenvalue weighted by Gasteiger charge is 2.16. The third-order valence-electron chi connectivity index (χ3n) is 2.96. The van der Waals surface area contributed by atoms with Crippen LogP contribution in [-0.2, 0) is 11.2 Å². The highest BCUT2D eigenvalue weighted by atomic mass is 16.5. The van der Waals surface area contributed by atoms with E-state index in [-0.39, 0.29) is 18.1 Å². The third kappa shape index (κ3) is 3.47. The van der Waals surface area contributed by atoms with Crippen molar-refractivity contribution >= 4 is 11.6 Å². The molecule has 2 rings (SSSR count). The van der Waals surface area contributed by atoms with E-state index in [9.17, 15) is 4.79 Å². The lowest BCUT2D eigenvalue weighted by atomic mass is 9.96. The van der Waals surface area contributed by atoms with Crippen LogP contribution in [0, 0.1) is 0 Å². The number of amides is 1. The van der Waals surface area contributed by atoms with Gasteiger partial charge in [-0.05, 0) is 50.8 Å². The summed E-state index contributed by atoms with van der Waals surface area (Å²) in [5.41, 5.74) is 7.80. The molecular weight excluding hydrogens is 228 g/mol. The van der Waals surface area contributed by atoms with Gasteiger partial charge in [-0.2, -0.15) is 0 Å². The van der Waals surface area contributed by atoms with Gasteiger partial charge < -0.3 is 15.8 Å². The van der Waals surface area contributed by atoms with Crippen LogP contribution in [0.25, 0.3) is 0 Å². The number of carbonyl (C=O) groups excluding carboxylic acids is 1. The van der Waals surface area contributed by atoms with Crippen molar-refractivity contribution in [2.45, 2.75) is 38.6 Å². The zero-order valence-corrected chi connectivity index (χ0v) is 11.0. The molecule has 0 spiro atoms. The molecule has 1 aliphatic heterocycles. The average molecular weight is 248 g/mol. The average Bonchev–Trinajstić information content (AvgIpc) is 2.26. The predicted molar refractivity (Wildman–Crippen MR) is 71.8 cm³/mol. The standard InChI is InChI=1S/C14H20N2O2/c1-14(2,15)7-3-4-10-5-6-12-11(8-10)16-13(17)9-18-12/h5-6,8H,3-4,7,9,15H2,1-2H3,(H,16,17). The fourth-order valence-corrected chi connectivity index (χ4v) is 2.03. The summed E-state index contributed by atoms with van der Waals surface area (Å²) in [6.07, 6.45) is 2.98. The Bertz CT molecular complexity index is 450. The molecule has 0 saturated heterocycles. The molecule has 0 bridgehead atoms. The van der Waals surface area contributed by atoms with Gasteiger partial charge in [0, 0.05) is 5.54 Å². The molecule has 0 atom stereocenters. The molecule has 1 aromatic carbocycles. The van der Waals surface area contributed by atoms with Crippen molar-refractivity contribution in [3.8, 4) is 5.75 Å². The van der Waals surface area contributed by atoms with Crippen molar-refractivity contribution in [3.05, 3.63) is 23.8 Å². The lowest BCUT2D eigenvalue weighted by molar-refractivity contribution is -0.118. The van der Waals surface area contributed by atoms with Gasteiger partial charge in [0.1, 0.15) is 5.75 Å². The molecule has 1 amide bonds. The molecule has 1 aromatic rings. The van der Waals surface area contributed by atoms with Crippen molar-refractivity contribution in [1.82, 2.24) is 0 Å². The molecule has 1 aliphatic rings. The maximum atomic E-state index is 11.2. The van der Waals surface area contributed by atoms with Crippen molar-refractivity contribution in [2.24, 2.45) is 5.73 Å². The van der Waals surface area contributed by atoms with E-state index >= 15 is 0 Å². The minimum atomic E-state index is -0.120. The van der Waals surface area contributed by atoms with Gasteiger partial charge in [-0.1, -0.05) is 6.07 Å². The fraction of sp³-hybridized carbons (Fsp3) is 0.500. The second-order valence-corrected chi connectivity index (χ2v) is 5.51. The molecule has 18 heavy (non-hydrogen) atoms. The van der Waals surface area contributed by atoms with Crippen LogP contribution < -0.4 is 15.8 Å². The Morgan fingerprint density at radius 3 is 2.94 bits per heavy atom. The summed E-state index contributed by atoms with van der Waals surface area (Å²) in [7, 11) is 0. The number of nitrogens with two attached hydrogens (primary N) is 1. The summed E-state index contributed by atoms with van der Waals surface area (Å²) >= 11 is 0. The Hall–Kier alpha value is -1.55. The number of hydrogen-bond donors (Lipinski definition) is 2. The van der Waals surface area contributed by atoms with Gasteiger partial charge in [-0.3, -0.25) is 4.79 Å². The molecule has 4 heteroatoms.